The van der Waals surface area contributed by atoms with E-state index >= 15 is 0 Å². The molecule has 2 aromatic rings. The largest absolute Gasteiger partial charge is 0.496 e. The van der Waals surface area contributed by atoms with Gasteiger partial charge in [0.15, 0.2) is 0 Å². The zero-order valence-corrected chi connectivity index (χ0v) is 21.4. The van der Waals surface area contributed by atoms with Crippen molar-refractivity contribution in [3.63, 3.8) is 0 Å². The van der Waals surface area contributed by atoms with Gasteiger partial charge in [0.2, 0.25) is 5.91 Å². The Bertz CT molecular complexity index is 1110. The van der Waals surface area contributed by atoms with Crippen molar-refractivity contribution >= 4 is 11.9 Å². The van der Waals surface area contributed by atoms with Gasteiger partial charge in [-0.2, -0.15) is 5.10 Å². The van der Waals surface area contributed by atoms with Gasteiger partial charge >= 0.3 is 5.97 Å². The van der Waals surface area contributed by atoms with Gasteiger partial charge in [-0.05, 0) is 61.8 Å². The summed E-state index contributed by atoms with van der Waals surface area (Å²) in [4.78, 5) is 26.7. The standard InChI is InChI=1S/C28H38N4O4/c1-31-24(14-23(30-31)21-7-3-4-8-25(21)36-2)22-18-32-12-9-19(22)13-20(32)17-29-26(33)15-28(16-27(34)35)10-5-6-11-28/h3-4,7-8,14,19-20,22H,5-6,9-13,15-18H2,1-2H3,(H,29,33)(H,34,35)/t19-,20+,22+/m0/s1. The molecule has 4 atom stereocenters. The Labute approximate surface area is 213 Å². The summed E-state index contributed by atoms with van der Waals surface area (Å²) in [6, 6.07) is 10.5. The lowest BCUT2D eigenvalue weighted by Gasteiger charge is -2.50. The number of nitrogens with zero attached hydrogens (tertiary/aromatic N) is 3. The molecule has 4 heterocycles. The summed E-state index contributed by atoms with van der Waals surface area (Å²) in [7, 11) is 3.72. The Balaban J connectivity index is 1.21. The molecule has 4 fully saturated rings. The highest BCUT2D eigenvalue weighted by atomic mass is 16.5. The lowest BCUT2D eigenvalue weighted by Crippen LogP contribution is -2.56. The molecule has 4 aliphatic rings. The molecule has 1 amide bonds. The van der Waals surface area contributed by atoms with E-state index in [1.54, 1.807) is 7.11 Å². The van der Waals surface area contributed by atoms with Crippen LogP contribution in [0.5, 0.6) is 5.75 Å². The van der Waals surface area contributed by atoms with Crippen molar-refractivity contribution < 1.29 is 19.4 Å². The van der Waals surface area contributed by atoms with Gasteiger partial charge < -0.3 is 15.2 Å². The number of carboxylic acid groups (broad SMARTS) is 1. The quantitative estimate of drug-likeness (QED) is 0.550. The number of methoxy groups -OCH3 is 1. The second kappa shape index (κ2) is 10.2. The maximum absolute atomic E-state index is 12.8. The smallest absolute Gasteiger partial charge is 0.303 e. The van der Waals surface area contributed by atoms with Crippen LogP contribution < -0.4 is 10.1 Å². The van der Waals surface area contributed by atoms with E-state index in [9.17, 15) is 14.7 Å². The van der Waals surface area contributed by atoms with Gasteiger partial charge in [-0.25, -0.2) is 0 Å². The number of aromatic nitrogens is 2. The van der Waals surface area contributed by atoms with Gasteiger partial charge in [-0.15, -0.1) is 0 Å². The van der Waals surface area contributed by atoms with Crippen LogP contribution in [0.2, 0.25) is 0 Å². The molecule has 194 valence electrons. The molecule has 6 rings (SSSR count). The van der Waals surface area contributed by atoms with E-state index in [0.29, 0.717) is 30.8 Å². The molecule has 1 saturated carbocycles. The first-order chi connectivity index (χ1) is 17.4. The van der Waals surface area contributed by atoms with Crippen molar-refractivity contribution in [2.45, 2.75) is 63.3 Å². The van der Waals surface area contributed by atoms with E-state index in [0.717, 1.165) is 68.6 Å². The summed E-state index contributed by atoms with van der Waals surface area (Å²) < 4.78 is 7.57. The maximum Gasteiger partial charge on any atom is 0.303 e. The van der Waals surface area contributed by atoms with E-state index in [-0.39, 0.29) is 17.7 Å². The molecule has 3 saturated heterocycles. The van der Waals surface area contributed by atoms with Crippen molar-refractivity contribution in [2.24, 2.45) is 18.4 Å². The SMILES string of the molecule is COc1ccccc1-c1cc([C@@H]2CN3CC[C@H]2C[C@@H]3CNC(=O)CC2(CC(=O)O)CCCC2)n(C)n1. The zero-order valence-electron chi connectivity index (χ0n) is 21.4. The number of aliphatic carboxylic acids is 1. The van der Waals surface area contributed by atoms with E-state index in [4.69, 9.17) is 9.84 Å². The number of hydrogen-bond acceptors (Lipinski definition) is 5. The molecule has 1 aliphatic carbocycles. The summed E-state index contributed by atoms with van der Waals surface area (Å²) >= 11 is 0. The fraction of sp³-hybridized carbons (Fsp3) is 0.607. The number of carboxylic acids is 1. The molecule has 3 aliphatic heterocycles. The minimum Gasteiger partial charge on any atom is -0.496 e. The van der Waals surface area contributed by atoms with Crippen LogP contribution in [-0.2, 0) is 16.6 Å². The summed E-state index contributed by atoms with van der Waals surface area (Å²) in [5.41, 5.74) is 2.84. The second-order valence-electron chi connectivity index (χ2n) is 11.1. The highest BCUT2D eigenvalue weighted by Crippen LogP contribution is 2.45. The van der Waals surface area contributed by atoms with Crippen LogP contribution in [0.15, 0.2) is 30.3 Å². The van der Waals surface area contributed by atoms with Crippen molar-refractivity contribution in [1.29, 1.82) is 0 Å². The van der Waals surface area contributed by atoms with E-state index in [1.807, 2.05) is 36.0 Å². The number of piperidine rings is 3. The van der Waals surface area contributed by atoms with Crippen LogP contribution in [0, 0.1) is 11.3 Å². The monoisotopic (exact) mass is 494 g/mol. The van der Waals surface area contributed by atoms with Crippen LogP contribution in [0.4, 0.5) is 0 Å². The highest BCUT2D eigenvalue weighted by molar-refractivity contribution is 5.78. The van der Waals surface area contributed by atoms with Crippen molar-refractivity contribution in [2.75, 3.05) is 26.7 Å². The third-order valence-corrected chi connectivity index (χ3v) is 8.82. The number of carbonyl (C=O) groups is 2. The summed E-state index contributed by atoms with van der Waals surface area (Å²) in [5.74, 6) is 1.02. The number of rotatable bonds is 9. The Kier molecular flexibility index (Phi) is 7.06. The molecular weight excluding hydrogens is 456 g/mol. The normalized spacial score (nSPS) is 26.6. The van der Waals surface area contributed by atoms with Crippen LogP contribution in [0.3, 0.4) is 0 Å². The number of benzene rings is 1. The predicted molar refractivity (Wildman–Crippen MR) is 137 cm³/mol. The van der Waals surface area contributed by atoms with Gasteiger partial charge in [-0.3, -0.25) is 19.2 Å². The van der Waals surface area contributed by atoms with Crippen LogP contribution in [0.1, 0.15) is 63.0 Å². The molecule has 0 spiro atoms. The number of amides is 1. The molecule has 2 bridgehead atoms. The second-order valence-corrected chi connectivity index (χ2v) is 11.1. The van der Waals surface area contributed by atoms with Gasteiger partial charge in [0.05, 0.1) is 19.2 Å². The Morgan fingerprint density at radius 2 is 2.00 bits per heavy atom. The fourth-order valence-corrected chi connectivity index (χ4v) is 7.00. The Hall–Kier alpha value is -2.87. The molecule has 8 nitrogen and oxygen atoms in total. The first-order valence-electron chi connectivity index (χ1n) is 13.3. The number of para-hydroxylation sites is 1. The number of hydrogen-bond donors (Lipinski definition) is 2. The van der Waals surface area contributed by atoms with Gasteiger partial charge in [-0.1, -0.05) is 25.0 Å². The average molecular weight is 495 g/mol. The van der Waals surface area contributed by atoms with E-state index in [2.05, 4.69) is 16.3 Å². The highest BCUT2D eigenvalue weighted by Gasteiger charge is 2.42. The average Bonchev–Trinajstić information content (AvgIpc) is 3.48. The van der Waals surface area contributed by atoms with E-state index in [1.165, 1.54) is 5.69 Å². The van der Waals surface area contributed by atoms with Crippen LogP contribution in [-0.4, -0.2) is 64.4 Å². The molecular formula is C28H38N4O4. The molecule has 2 N–H and O–H groups in total. The van der Waals surface area contributed by atoms with Crippen molar-refractivity contribution in [3.8, 4) is 17.0 Å². The summed E-state index contributed by atoms with van der Waals surface area (Å²) in [5, 5.41) is 17.3. The molecule has 36 heavy (non-hydrogen) atoms. The van der Waals surface area contributed by atoms with Crippen LogP contribution in [0.25, 0.3) is 11.3 Å². The van der Waals surface area contributed by atoms with E-state index < -0.39 is 5.97 Å². The van der Waals surface area contributed by atoms with Gasteiger partial charge in [0.1, 0.15) is 5.75 Å². The van der Waals surface area contributed by atoms with Crippen molar-refractivity contribution in [3.05, 3.63) is 36.0 Å². The van der Waals surface area contributed by atoms with Crippen LogP contribution >= 0.6 is 0 Å². The molecule has 0 radical (unpaired) electrons. The summed E-state index contributed by atoms with van der Waals surface area (Å²) in [6.45, 7) is 2.67. The lowest BCUT2D eigenvalue weighted by atomic mass is 9.74. The molecule has 8 heteroatoms. The number of ether oxygens (including phenoxy) is 1. The Morgan fingerprint density at radius 1 is 1.22 bits per heavy atom. The van der Waals surface area contributed by atoms with Gasteiger partial charge in [0.25, 0.3) is 0 Å². The molecule has 1 aromatic carbocycles. The third-order valence-electron chi connectivity index (χ3n) is 8.82. The predicted octanol–water partition coefficient (Wildman–Crippen LogP) is 3.81. The number of fused-ring (bicyclic) bond motifs is 3. The van der Waals surface area contributed by atoms with Crippen molar-refractivity contribution in [1.82, 2.24) is 20.0 Å². The third kappa shape index (κ3) is 5.01. The zero-order chi connectivity index (χ0) is 25.3. The van der Waals surface area contributed by atoms with Gasteiger partial charge in [0, 0.05) is 49.8 Å². The number of nitrogens with one attached hydrogen (secondary N) is 1. The molecule has 1 aromatic heterocycles. The number of aryl methyl sites for hydroxylation is 1. The Morgan fingerprint density at radius 3 is 2.69 bits per heavy atom. The minimum atomic E-state index is -0.796. The maximum atomic E-state index is 12.8. The summed E-state index contributed by atoms with van der Waals surface area (Å²) in [6.07, 6.45) is 6.37. The fourth-order valence-electron chi connectivity index (χ4n) is 7.00. The minimum absolute atomic E-state index is 0.00503. The first-order valence-corrected chi connectivity index (χ1v) is 13.3. The topological polar surface area (TPSA) is 96.7 Å². The first kappa shape index (κ1) is 24.8. The number of carbonyl (C=O) groups excluding carboxylic acids is 1. The molecule has 1 unspecified atom stereocenters. The lowest BCUT2D eigenvalue weighted by molar-refractivity contribution is -0.140.